The average Bonchev–Trinajstić information content (AvgIpc) is 2.75. The molecule has 3 N–H and O–H groups in total. The number of likely N-dealkylation sites (tertiary alicyclic amines) is 1. The number of carbonyl (C=O) groups excluding carboxylic acids is 2. The molecule has 0 bridgehead atoms. The Hall–Kier alpha value is -1.85. The van der Waals surface area contributed by atoms with Gasteiger partial charge < -0.3 is 10.6 Å². The molecular formula is C11H16N4O2. The second kappa shape index (κ2) is 4.57. The van der Waals surface area contributed by atoms with E-state index < -0.39 is 0 Å². The number of H-pyrrole nitrogens is 1. The zero-order chi connectivity index (χ0) is 12.4. The summed E-state index contributed by atoms with van der Waals surface area (Å²) < 4.78 is 0. The number of amides is 2. The van der Waals surface area contributed by atoms with Crippen LogP contribution in [0.25, 0.3) is 0 Å². The fraction of sp³-hybridized carbons (Fsp3) is 0.545. The summed E-state index contributed by atoms with van der Waals surface area (Å²) in [6.45, 7) is 2.99. The third-order valence-corrected chi connectivity index (χ3v) is 3.11. The summed E-state index contributed by atoms with van der Waals surface area (Å²) >= 11 is 0. The minimum absolute atomic E-state index is 0.0859. The van der Waals surface area contributed by atoms with Crippen molar-refractivity contribution < 1.29 is 9.59 Å². The lowest BCUT2D eigenvalue weighted by Crippen LogP contribution is -2.41. The van der Waals surface area contributed by atoms with Gasteiger partial charge in [0.05, 0.1) is 0 Å². The number of piperidine rings is 1. The van der Waals surface area contributed by atoms with Crippen molar-refractivity contribution >= 4 is 11.8 Å². The van der Waals surface area contributed by atoms with Crippen LogP contribution in [-0.4, -0.2) is 40.0 Å². The number of primary amides is 1. The highest BCUT2D eigenvalue weighted by atomic mass is 16.2. The average molecular weight is 236 g/mol. The number of aryl methyl sites for hydroxylation is 1. The Kier molecular flexibility index (Phi) is 3.12. The zero-order valence-corrected chi connectivity index (χ0v) is 9.77. The lowest BCUT2D eigenvalue weighted by atomic mass is 9.96. The van der Waals surface area contributed by atoms with Crippen molar-refractivity contribution in [1.29, 1.82) is 0 Å². The molecule has 1 saturated heterocycles. The van der Waals surface area contributed by atoms with Crippen molar-refractivity contribution in [3.05, 3.63) is 17.5 Å². The highest BCUT2D eigenvalue weighted by Gasteiger charge is 2.27. The highest BCUT2D eigenvalue weighted by Crippen LogP contribution is 2.18. The van der Waals surface area contributed by atoms with Gasteiger partial charge in [-0.1, -0.05) is 0 Å². The summed E-state index contributed by atoms with van der Waals surface area (Å²) in [6.07, 6.45) is 1.29. The number of aromatic nitrogens is 2. The molecule has 1 aliphatic heterocycles. The molecule has 6 nitrogen and oxygen atoms in total. The Labute approximate surface area is 99.2 Å². The smallest absolute Gasteiger partial charge is 0.274 e. The molecule has 0 aliphatic carbocycles. The summed E-state index contributed by atoms with van der Waals surface area (Å²) in [5.74, 6) is -0.454. The van der Waals surface area contributed by atoms with Crippen LogP contribution >= 0.6 is 0 Å². The van der Waals surface area contributed by atoms with Gasteiger partial charge >= 0.3 is 0 Å². The fourth-order valence-corrected chi connectivity index (χ4v) is 2.06. The van der Waals surface area contributed by atoms with E-state index in [9.17, 15) is 9.59 Å². The third kappa shape index (κ3) is 2.46. The molecule has 1 aromatic rings. The van der Waals surface area contributed by atoms with E-state index >= 15 is 0 Å². The maximum absolute atomic E-state index is 12.0. The van der Waals surface area contributed by atoms with Crippen molar-refractivity contribution in [2.45, 2.75) is 19.8 Å². The van der Waals surface area contributed by atoms with Gasteiger partial charge in [-0.3, -0.25) is 14.7 Å². The normalized spacial score (nSPS) is 17.1. The number of hydrogen-bond donors (Lipinski definition) is 2. The van der Waals surface area contributed by atoms with Gasteiger partial charge in [-0.15, -0.1) is 0 Å². The molecule has 0 spiro atoms. The topological polar surface area (TPSA) is 92.1 Å². The van der Waals surface area contributed by atoms with Crippen LogP contribution in [-0.2, 0) is 4.79 Å². The minimum atomic E-state index is -0.271. The Bertz CT molecular complexity index is 432. The second-order valence-corrected chi connectivity index (χ2v) is 4.41. The molecule has 0 saturated carbocycles. The Morgan fingerprint density at radius 3 is 2.59 bits per heavy atom. The maximum Gasteiger partial charge on any atom is 0.274 e. The molecule has 2 heterocycles. The summed E-state index contributed by atoms with van der Waals surface area (Å²) in [5.41, 5.74) is 6.54. The number of hydrogen-bond acceptors (Lipinski definition) is 3. The van der Waals surface area contributed by atoms with E-state index in [1.165, 1.54) is 0 Å². The number of nitrogens with two attached hydrogens (primary N) is 1. The van der Waals surface area contributed by atoms with Crippen LogP contribution in [0.15, 0.2) is 6.07 Å². The number of nitrogens with zero attached hydrogens (tertiary/aromatic N) is 2. The summed E-state index contributed by atoms with van der Waals surface area (Å²) in [7, 11) is 0. The summed E-state index contributed by atoms with van der Waals surface area (Å²) in [6, 6.07) is 1.72. The van der Waals surface area contributed by atoms with Crippen LogP contribution in [0.4, 0.5) is 0 Å². The van der Waals surface area contributed by atoms with E-state index in [4.69, 9.17) is 5.73 Å². The van der Waals surface area contributed by atoms with Gasteiger partial charge in [0.2, 0.25) is 5.91 Å². The molecule has 1 aromatic heterocycles. The first kappa shape index (κ1) is 11.6. The van der Waals surface area contributed by atoms with Crippen molar-refractivity contribution in [2.75, 3.05) is 13.1 Å². The lowest BCUT2D eigenvalue weighted by molar-refractivity contribution is -0.123. The van der Waals surface area contributed by atoms with Crippen molar-refractivity contribution in [2.24, 2.45) is 11.7 Å². The predicted molar refractivity (Wildman–Crippen MR) is 61.1 cm³/mol. The van der Waals surface area contributed by atoms with Gasteiger partial charge in [0, 0.05) is 24.7 Å². The molecule has 6 heteroatoms. The Balaban J connectivity index is 1.97. The monoisotopic (exact) mass is 236 g/mol. The Morgan fingerprint density at radius 1 is 1.47 bits per heavy atom. The summed E-state index contributed by atoms with van der Waals surface area (Å²) in [5, 5.41) is 6.68. The van der Waals surface area contributed by atoms with E-state index in [1.54, 1.807) is 11.0 Å². The van der Waals surface area contributed by atoms with E-state index in [0.717, 1.165) is 5.69 Å². The van der Waals surface area contributed by atoms with Crippen LogP contribution < -0.4 is 5.73 Å². The van der Waals surface area contributed by atoms with Gasteiger partial charge in [-0.25, -0.2) is 0 Å². The number of rotatable bonds is 2. The van der Waals surface area contributed by atoms with Crippen molar-refractivity contribution in [1.82, 2.24) is 15.1 Å². The van der Waals surface area contributed by atoms with Crippen LogP contribution in [0.3, 0.4) is 0 Å². The lowest BCUT2D eigenvalue weighted by Gasteiger charge is -2.29. The molecular weight excluding hydrogens is 220 g/mol. The first-order chi connectivity index (χ1) is 8.08. The fourth-order valence-electron chi connectivity index (χ4n) is 2.06. The van der Waals surface area contributed by atoms with Crippen molar-refractivity contribution in [3.63, 3.8) is 0 Å². The quantitative estimate of drug-likeness (QED) is 0.760. The standard InChI is InChI=1S/C11H16N4O2/c1-7-6-9(14-13-7)11(17)15-4-2-8(3-5-15)10(12)16/h6,8H,2-5H2,1H3,(H2,12,16)(H,13,14). The van der Waals surface area contributed by atoms with Gasteiger partial charge in [0.15, 0.2) is 0 Å². The van der Waals surface area contributed by atoms with Crippen molar-refractivity contribution in [3.8, 4) is 0 Å². The number of aromatic amines is 1. The molecule has 2 amide bonds. The predicted octanol–water partition coefficient (Wildman–Crippen LogP) is 0.0556. The molecule has 0 atom stereocenters. The highest BCUT2D eigenvalue weighted by molar-refractivity contribution is 5.92. The van der Waals surface area contributed by atoms with E-state index in [-0.39, 0.29) is 17.7 Å². The number of carbonyl (C=O) groups is 2. The third-order valence-electron chi connectivity index (χ3n) is 3.11. The SMILES string of the molecule is Cc1cc(C(=O)N2CCC(C(N)=O)CC2)n[nH]1. The largest absolute Gasteiger partial charge is 0.369 e. The Morgan fingerprint density at radius 2 is 2.12 bits per heavy atom. The minimum Gasteiger partial charge on any atom is -0.369 e. The first-order valence-electron chi connectivity index (χ1n) is 5.68. The first-order valence-corrected chi connectivity index (χ1v) is 5.68. The van der Waals surface area contributed by atoms with E-state index in [1.807, 2.05) is 6.92 Å². The van der Waals surface area contributed by atoms with E-state index in [2.05, 4.69) is 10.2 Å². The maximum atomic E-state index is 12.0. The van der Waals surface area contributed by atoms with Gasteiger partial charge in [0.25, 0.3) is 5.91 Å². The zero-order valence-electron chi connectivity index (χ0n) is 9.77. The number of nitrogens with one attached hydrogen (secondary N) is 1. The van der Waals surface area contributed by atoms with Gasteiger partial charge in [-0.2, -0.15) is 5.10 Å². The van der Waals surface area contributed by atoms with Crippen LogP contribution in [0.1, 0.15) is 29.0 Å². The van der Waals surface area contributed by atoms with Crippen LogP contribution in [0.5, 0.6) is 0 Å². The molecule has 17 heavy (non-hydrogen) atoms. The molecule has 1 fully saturated rings. The molecule has 1 aliphatic rings. The van der Waals surface area contributed by atoms with Gasteiger partial charge in [0.1, 0.15) is 5.69 Å². The molecule has 0 unspecified atom stereocenters. The second-order valence-electron chi connectivity index (χ2n) is 4.41. The summed E-state index contributed by atoms with van der Waals surface area (Å²) in [4.78, 5) is 24.7. The van der Waals surface area contributed by atoms with Gasteiger partial charge in [-0.05, 0) is 25.8 Å². The van der Waals surface area contributed by atoms with Crippen LogP contribution in [0.2, 0.25) is 0 Å². The van der Waals surface area contributed by atoms with Crippen LogP contribution in [0, 0.1) is 12.8 Å². The molecule has 0 aromatic carbocycles. The molecule has 0 radical (unpaired) electrons. The molecule has 2 rings (SSSR count). The van der Waals surface area contributed by atoms with E-state index in [0.29, 0.717) is 31.6 Å². The molecule has 92 valence electrons.